The summed E-state index contributed by atoms with van der Waals surface area (Å²) in [5.74, 6) is 0.857. The zero-order valence-electron chi connectivity index (χ0n) is 19.1. The van der Waals surface area contributed by atoms with Crippen LogP contribution in [-0.2, 0) is 0 Å². The number of hydrogen-bond acceptors (Lipinski definition) is 0. The highest BCUT2D eigenvalue weighted by molar-refractivity contribution is 4.98. The second-order valence-corrected chi connectivity index (χ2v) is 8.85. The van der Waals surface area contributed by atoms with E-state index >= 15 is 0 Å². The summed E-state index contributed by atoms with van der Waals surface area (Å²) in [6, 6.07) is 0. The van der Waals surface area contributed by atoms with E-state index in [1.807, 2.05) is 0 Å². The van der Waals surface area contributed by atoms with Crippen LogP contribution < -0.4 is 0 Å². The molecule has 0 bridgehead atoms. The average Bonchev–Trinajstić information content (AvgIpc) is 2.65. The molecule has 0 aliphatic rings. The molecular weight excluding hydrogens is 312 g/mol. The molecule has 0 aliphatic heterocycles. The Bertz CT molecular complexity index is 288. The van der Waals surface area contributed by atoms with Crippen molar-refractivity contribution in [3.8, 4) is 0 Å². The van der Waals surface area contributed by atoms with Crippen molar-refractivity contribution >= 4 is 0 Å². The summed E-state index contributed by atoms with van der Waals surface area (Å²) < 4.78 is 0. The first kappa shape index (κ1) is 25.7. The molecule has 0 amide bonds. The topological polar surface area (TPSA) is 0 Å². The molecule has 0 nitrogen and oxygen atoms in total. The largest absolute Gasteiger partial charge is 0.0853 e. The standard InChI is InChI=1S/C26H52/c1-5-7-8-9-10-11-12-13-14-15-16-17-18-19-20-21-22-26(4)24-23-25(3)6-2/h24-25H,5-23H2,1-4H3. The molecule has 0 radical (unpaired) electrons. The van der Waals surface area contributed by atoms with Crippen LogP contribution in [0.2, 0.25) is 0 Å². The van der Waals surface area contributed by atoms with Crippen molar-refractivity contribution < 1.29 is 0 Å². The van der Waals surface area contributed by atoms with Gasteiger partial charge in [0.15, 0.2) is 0 Å². The lowest BCUT2D eigenvalue weighted by Crippen LogP contribution is -1.90. The first-order chi connectivity index (χ1) is 12.7. The maximum absolute atomic E-state index is 2.49. The van der Waals surface area contributed by atoms with Crippen LogP contribution in [0.4, 0.5) is 0 Å². The minimum Gasteiger partial charge on any atom is -0.0853 e. The van der Waals surface area contributed by atoms with Crippen molar-refractivity contribution in [1.82, 2.24) is 0 Å². The van der Waals surface area contributed by atoms with Crippen LogP contribution in [0.1, 0.15) is 150 Å². The van der Waals surface area contributed by atoms with Crippen molar-refractivity contribution in [2.24, 2.45) is 5.92 Å². The Morgan fingerprint density at radius 1 is 0.615 bits per heavy atom. The minimum absolute atomic E-state index is 0.857. The molecule has 0 aromatic carbocycles. The molecule has 26 heavy (non-hydrogen) atoms. The Kier molecular flexibility index (Phi) is 20.8. The van der Waals surface area contributed by atoms with E-state index in [1.165, 1.54) is 122 Å². The summed E-state index contributed by atoms with van der Waals surface area (Å²) >= 11 is 0. The van der Waals surface area contributed by atoms with E-state index in [0.29, 0.717) is 0 Å². The Morgan fingerprint density at radius 2 is 1.00 bits per heavy atom. The Hall–Kier alpha value is -0.260. The fraction of sp³-hybridized carbons (Fsp3) is 0.923. The van der Waals surface area contributed by atoms with Gasteiger partial charge in [0.2, 0.25) is 0 Å². The fourth-order valence-corrected chi connectivity index (χ4v) is 3.62. The second kappa shape index (κ2) is 21.0. The summed E-state index contributed by atoms with van der Waals surface area (Å²) in [4.78, 5) is 0. The number of hydrogen-bond donors (Lipinski definition) is 0. The first-order valence-electron chi connectivity index (χ1n) is 12.4. The monoisotopic (exact) mass is 364 g/mol. The molecular formula is C26H52. The van der Waals surface area contributed by atoms with Gasteiger partial charge in [-0.3, -0.25) is 0 Å². The van der Waals surface area contributed by atoms with E-state index in [0.717, 1.165) is 5.92 Å². The van der Waals surface area contributed by atoms with Gasteiger partial charge in [-0.05, 0) is 32.1 Å². The predicted octanol–water partition coefficient (Wildman–Crippen LogP) is 10.0. The van der Waals surface area contributed by atoms with Gasteiger partial charge in [0, 0.05) is 0 Å². The van der Waals surface area contributed by atoms with Gasteiger partial charge < -0.3 is 0 Å². The molecule has 0 spiro atoms. The summed E-state index contributed by atoms with van der Waals surface area (Å²) in [6.45, 7) is 9.28. The predicted molar refractivity (Wildman–Crippen MR) is 122 cm³/mol. The highest BCUT2D eigenvalue weighted by Gasteiger charge is 1.98. The van der Waals surface area contributed by atoms with Crippen LogP contribution in [0, 0.1) is 5.92 Å². The number of allylic oxidation sites excluding steroid dienone is 2. The van der Waals surface area contributed by atoms with Gasteiger partial charge in [0.25, 0.3) is 0 Å². The molecule has 0 heteroatoms. The van der Waals surface area contributed by atoms with E-state index in [9.17, 15) is 0 Å². The third-order valence-electron chi connectivity index (χ3n) is 5.99. The SMILES string of the molecule is CCCCCCCCCCCCCCCCCCC(C)=CCC(C)CC. The molecule has 0 aromatic rings. The fourth-order valence-electron chi connectivity index (χ4n) is 3.62. The lowest BCUT2D eigenvalue weighted by atomic mass is 10.0. The average molecular weight is 365 g/mol. The van der Waals surface area contributed by atoms with Crippen molar-refractivity contribution in [1.29, 1.82) is 0 Å². The third-order valence-corrected chi connectivity index (χ3v) is 5.99. The molecule has 0 saturated heterocycles. The maximum atomic E-state index is 2.49. The Balaban J connectivity index is 3.17. The summed E-state index contributed by atoms with van der Waals surface area (Å²) in [6.07, 6.45) is 29.7. The molecule has 156 valence electrons. The molecule has 0 fully saturated rings. The van der Waals surface area contributed by atoms with Gasteiger partial charge >= 0.3 is 0 Å². The third kappa shape index (κ3) is 20.1. The van der Waals surface area contributed by atoms with Crippen molar-refractivity contribution in [3.63, 3.8) is 0 Å². The van der Waals surface area contributed by atoms with Crippen LogP contribution >= 0.6 is 0 Å². The molecule has 0 heterocycles. The normalized spacial score (nSPS) is 13.3. The lowest BCUT2D eigenvalue weighted by Gasteiger charge is -2.06. The Morgan fingerprint density at radius 3 is 1.38 bits per heavy atom. The van der Waals surface area contributed by atoms with E-state index in [-0.39, 0.29) is 0 Å². The van der Waals surface area contributed by atoms with Gasteiger partial charge in [-0.15, -0.1) is 0 Å². The van der Waals surface area contributed by atoms with Crippen LogP contribution in [-0.4, -0.2) is 0 Å². The smallest absolute Gasteiger partial charge is 0.0322 e. The first-order valence-corrected chi connectivity index (χ1v) is 12.4. The minimum atomic E-state index is 0.857. The van der Waals surface area contributed by atoms with E-state index < -0.39 is 0 Å². The van der Waals surface area contributed by atoms with Crippen LogP contribution in [0.3, 0.4) is 0 Å². The van der Waals surface area contributed by atoms with Crippen molar-refractivity contribution in [3.05, 3.63) is 11.6 Å². The second-order valence-electron chi connectivity index (χ2n) is 8.85. The quantitative estimate of drug-likeness (QED) is 0.149. The molecule has 0 rings (SSSR count). The van der Waals surface area contributed by atoms with Gasteiger partial charge in [-0.1, -0.05) is 135 Å². The molecule has 1 atom stereocenters. The molecule has 1 unspecified atom stereocenters. The maximum Gasteiger partial charge on any atom is -0.0322 e. The van der Waals surface area contributed by atoms with Crippen LogP contribution in [0.25, 0.3) is 0 Å². The molecule has 0 aromatic heterocycles. The van der Waals surface area contributed by atoms with Crippen LogP contribution in [0.15, 0.2) is 11.6 Å². The molecule has 0 aliphatic carbocycles. The highest BCUT2D eigenvalue weighted by Crippen LogP contribution is 2.16. The zero-order valence-corrected chi connectivity index (χ0v) is 19.1. The lowest BCUT2D eigenvalue weighted by molar-refractivity contribution is 0.529. The van der Waals surface area contributed by atoms with Crippen LogP contribution in [0.5, 0.6) is 0 Å². The van der Waals surface area contributed by atoms with E-state index in [4.69, 9.17) is 0 Å². The zero-order chi connectivity index (χ0) is 19.3. The van der Waals surface area contributed by atoms with Gasteiger partial charge in [0.05, 0.1) is 0 Å². The van der Waals surface area contributed by atoms with E-state index in [1.54, 1.807) is 5.57 Å². The van der Waals surface area contributed by atoms with Crippen molar-refractivity contribution in [2.45, 2.75) is 150 Å². The number of unbranched alkanes of at least 4 members (excludes halogenated alkanes) is 15. The molecule has 0 saturated carbocycles. The molecule has 0 N–H and O–H groups in total. The Labute approximate surface area is 167 Å². The van der Waals surface area contributed by atoms with Crippen molar-refractivity contribution in [2.75, 3.05) is 0 Å². The summed E-state index contributed by atoms with van der Waals surface area (Å²) in [5.41, 5.74) is 1.62. The highest BCUT2D eigenvalue weighted by atomic mass is 14.0. The van der Waals surface area contributed by atoms with Gasteiger partial charge in [-0.2, -0.15) is 0 Å². The number of rotatable bonds is 20. The summed E-state index contributed by atoms with van der Waals surface area (Å²) in [5, 5.41) is 0. The summed E-state index contributed by atoms with van der Waals surface area (Å²) in [7, 11) is 0. The van der Waals surface area contributed by atoms with Gasteiger partial charge in [0.1, 0.15) is 0 Å². The van der Waals surface area contributed by atoms with E-state index in [2.05, 4.69) is 33.8 Å². The van der Waals surface area contributed by atoms with Gasteiger partial charge in [-0.25, -0.2) is 0 Å².